The monoisotopic (exact) mass is 611 g/mol. The molecule has 1 saturated heterocycles. The van der Waals surface area contributed by atoms with Crippen LogP contribution in [-0.4, -0.2) is 70.5 Å². The van der Waals surface area contributed by atoms with E-state index in [2.05, 4.69) is 14.9 Å². The van der Waals surface area contributed by atoms with Crippen molar-refractivity contribution in [3.8, 4) is 11.5 Å². The molecule has 2 aromatic heterocycles. The van der Waals surface area contributed by atoms with Gasteiger partial charge in [-0.05, 0) is 56.0 Å². The molecular formula is C29H30FN5O7S. The second-order valence-corrected chi connectivity index (χ2v) is 13.2. The third-order valence-electron chi connectivity index (χ3n) is 8.24. The van der Waals surface area contributed by atoms with E-state index in [-0.39, 0.29) is 24.3 Å². The average Bonchev–Trinajstić information content (AvgIpc) is 3.73. The van der Waals surface area contributed by atoms with Gasteiger partial charge in [0.1, 0.15) is 29.6 Å². The maximum Gasteiger partial charge on any atom is 0.312 e. The molecule has 1 amide bonds. The van der Waals surface area contributed by atoms with Crippen molar-refractivity contribution in [1.82, 2.24) is 14.9 Å². The normalized spacial score (nSPS) is 23.7. The van der Waals surface area contributed by atoms with Gasteiger partial charge in [-0.3, -0.25) is 14.9 Å². The van der Waals surface area contributed by atoms with Gasteiger partial charge in [0.15, 0.2) is 5.75 Å². The third kappa shape index (κ3) is 5.36. The summed E-state index contributed by atoms with van der Waals surface area (Å²) in [6, 6.07) is 6.83. The minimum absolute atomic E-state index is 0.0253. The number of aromatic nitrogens is 2. The van der Waals surface area contributed by atoms with Gasteiger partial charge in [-0.1, -0.05) is 18.2 Å². The SMILES string of the molecule is NC(=O)C1C=CC=CC1(Oc1cnc2[nH]ccc2c1)S(=O)(=O)c1ccc(OCC2(F)CCN(C3CC3)CC2)c([N+](=O)[O-])c1. The summed E-state index contributed by atoms with van der Waals surface area (Å²) in [7, 11) is -4.72. The number of nitrogens with one attached hydrogen (secondary N) is 1. The molecule has 2 atom stereocenters. The molecule has 1 aliphatic heterocycles. The van der Waals surface area contributed by atoms with Gasteiger partial charge in [-0.2, -0.15) is 0 Å². The van der Waals surface area contributed by atoms with Crippen LogP contribution >= 0.6 is 0 Å². The molecule has 3 N–H and O–H groups in total. The molecule has 1 aromatic carbocycles. The Morgan fingerprint density at radius 3 is 2.67 bits per heavy atom. The lowest BCUT2D eigenvalue weighted by Gasteiger charge is -2.36. The Bertz CT molecular complexity index is 1740. The van der Waals surface area contributed by atoms with E-state index in [4.69, 9.17) is 15.2 Å². The summed E-state index contributed by atoms with van der Waals surface area (Å²) >= 11 is 0. The number of alkyl halides is 1. The number of nitrogens with two attached hydrogens (primary N) is 1. The van der Waals surface area contributed by atoms with Crippen molar-refractivity contribution in [2.24, 2.45) is 11.7 Å². The molecule has 0 radical (unpaired) electrons. The number of ether oxygens (including phenoxy) is 2. The van der Waals surface area contributed by atoms with Crippen LogP contribution in [-0.2, 0) is 14.6 Å². The smallest absolute Gasteiger partial charge is 0.312 e. The predicted molar refractivity (Wildman–Crippen MR) is 154 cm³/mol. The lowest BCUT2D eigenvalue weighted by Crippen LogP contribution is -2.53. The number of nitrogens with zero attached hydrogens (tertiary/aromatic N) is 3. The Kier molecular flexibility index (Phi) is 7.21. The van der Waals surface area contributed by atoms with Crippen LogP contribution in [0.3, 0.4) is 0 Å². The van der Waals surface area contributed by atoms with Crippen molar-refractivity contribution < 1.29 is 32.0 Å². The van der Waals surface area contributed by atoms with Crippen LogP contribution in [0.1, 0.15) is 25.7 Å². The minimum atomic E-state index is -4.72. The Hall–Kier alpha value is -4.30. The number of primary amides is 1. The van der Waals surface area contributed by atoms with E-state index in [1.54, 1.807) is 18.3 Å². The van der Waals surface area contributed by atoms with E-state index in [0.29, 0.717) is 30.2 Å². The van der Waals surface area contributed by atoms with Crippen LogP contribution in [0, 0.1) is 16.0 Å². The molecule has 0 spiro atoms. The summed E-state index contributed by atoms with van der Waals surface area (Å²) in [5.41, 5.74) is 3.84. The summed E-state index contributed by atoms with van der Waals surface area (Å²) < 4.78 is 55.8. The van der Waals surface area contributed by atoms with Gasteiger partial charge in [0.25, 0.3) is 0 Å². The summed E-state index contributed by atoms with van der Waals surface area (Å²) in [5.74, 6) is -2.73. The maximum absolute atomic E-state index is 15.5. The summed E-state index contributed by atoms with van der Waals surface area (Å²) in [6.07, 6.45) is 11.0. The molecule has 3 aromatic rings. The highest BCUT2D eigenvalue weighted by Crippen LogP contribution is 2.42. The molecule has 2 aliphatic carbocycles. The number of carbonyl (C=O) groups excluding carboxylic acids is 1. The number of carbonyl (C=O) groups is 1. The van der Waals surface area contributed by atoms with Gasteiger partial charge in [0.05, 0.1) is 16.0 Å². The average molecular weight is 612 g/mol. The van der Waals surface area contributed by atoms with Crippen molar-refractivity contribution in [2.75, 3.05) is 19.7 Å². The fourth-order valence-electron chi connectivity index (χ4n) is 5.66. The molecule has 1 saturated carbocycles. The topological polar surface area (TPSA) is 171 Å². The number of hydrogen-bond acceptors (Lipinski definition) is 9. The highest BCUT2D eigenvalue weighted by atomic mass is 32.2. The molecule has 2 unspecified atom stereocenters. The lowest BCUT2D eigenvalue weighted by molar-refractivity contribution is -0.386. The van der Waals surface area contributed by atoms with Crippen LogP contribution in [0.5, 0.6) is 11.5 Å². The molecule has 14 heteroatoms. The third-order valence-corrected chi connectivity index (χ3v) is 10.4. The standard InChI is InChI=1S/C29H30FN5O7S/c30-28(10-13-34(14-11-28)20-4-5-20)18-41-25-7-6-22(16-24(25)35(37)38)43(39,40)29(9-2-1-3-23(29)26(31)36)42-21-15-19-8-12-32-27(19)33-17-21/h1-3,6-9,12,15-17,20,23H,4-5,10-11,13-14,18H2,(H2,31,36)(H,32,33). The maximum atomic E-state index is 15.5. The number of benzene rings is 1. The number of H-pyrrole nitrogens is 1. The molecule has 3 heterocycles. The highest BCUT2D eigenvalue weighted by Gasteiger charge is 2.54. The Labute approximate surface area is 246 Å². The summed E-state index contributed by atoms with van der Waals surface area (Å²) in [4.78, 5) is 30.3. The number of fused-ring (bicyclic) bond motifs is 1. The van der Waals surface area contributed by atoms with Gasteiger partial charge in [0.2, 0.25) is 20.7 Å². The zero-order valence-corrected chi connectivity index (χ0v) is 23.8. The van der Waals surface area contributed by atoms with E-state index in [1.807, 2.05) is 0 Å². The van der Waals surface area contributed by atoms with E-state index in [9.17, 15) is 23.3 Å². The number of hydrogen-bond donors (Lipinski definition) is 2. The quantitative estimate of drug-likeness (QED) is 0.257. The number of piperidine rings is 1. The Balaban J connectivity index is 1.32. The number of nitro benzene ring substituents is 1. The number of sulfone groups is 1. The number of halogens is 1. The minimum Gasteiger partial charge on any atom is -0.483 e. The second-order valence-electron chi connectivity index (χ2n) is 11.1. The number of amides is 1. The first-order valence-electron chi connectivity index (χ1n) is 13.9. The van der Waals surface area contributed by atoms with Gasteiger partial charge in [-0.25, -0.2) is 17.8 Å². The first kappa shape index (κ1) is 28.8. The van der Waals surface area contributed by atoms with Crippen molar-refractivity contribution >= 4 is 32.5 Å². The molecule has 0 bridgehead atoms. The molecule has 3 aliphatic rings. The molecule has 226 valence electrons. The van der Waals surface area contributed by atoms with E-state index in [1.165, 1.54) is 30.5 Å². The summed E-state index contributed by atoms with van der Waals surface area (Å²) in [5, 5.41) is 12.7. The van der Waals surface area contributed by atoms with Crippen LogP contribution in [0.2, 0.25) is 0 Å². The number of nitro groups is 1. The second kappa shape index (κ2) is 10.8. The molecule has 2 fully saturated rings. The zero-order chi connectivity index (χ0) is 30.4. The lowest BCUT2D eigenvalue weighted by atomic mass is 9.94. The number of pyridine rings is 1. The van der Waals surface area contributed by atoms with Gasteiger partial charge < -0.3 is 25.1 Å². The number of allylic oxidation sites excluding steroid dienone is 2. The van der Waals surface area contributed by atoms with Crippen LogP contribution in [0.4, 0.5) is 10.1 Å². The van der Waals surface area contributed by atoms with Crippen LogP contribution in [0.25, 0.3) is 11.0 Å². The Morgan fingerprint density at radius 2 is 1.98 bits per heavy atom. The molecular weight excluding hydrogens is 581 g/mol. The van der Waals surface area contributed by atoms with E-state index in [0.717, 1.165) is 31.0 Å². The van der Waals surface area contributed by atoms with Gasteiger partial charge in [-0.15, -0.1) is 0 Å². The molecule has 6 rings (SSSR count). The van der Waals surface area contributed by atoms with E-state index < -0.39 is 54.4 Å². The fourth-order valence-corrected chi connectivity index (χ4v) is 7.53. The number of rotatable bonds is 10. The van der Waals surface area contributed by atoms with Crippen LogP contribution in [0.15, 0.2) is 71.9 Å². The Morgan fingerprint density at radius 1 is 1.21 bits per heavy atom. The largest absolute Gasteiger partial charge is 0.483 e. The highest BCUT2D eigenvalue weighted by molar-refractivity contribution is 7.93. The van der Waals surface area contributed by atoms with Crippen LogP contribution < -0.4 is 15.2 Å². The molecule has 43 heavy (non-hydrogen) atoms. The fraction of sp³-hybridized carbons (Fsp3) is 0.379. The number of aromatic amines is 1. The van der Waals surface area contributed by atoms with Crippen molar-refractivity contribution in [3.63, 3.8) is 0 Å². The first-order valence-corrected chi connectivity index (χ1v) is 15.4. The van der Waals surface area contributed by atoms with Crippen molar-refractivity contribution in [3.05, 3.63) is 77.1 Å². The van der Waals surface area contributed by atoms with Crippen molar-refractivity contribution in [2.45, 2.75) is 47.2 Å². The summed E-state index contributed by atoms with van der Waals surface area (Å²) in [6.45, 7) is 0.764. The predicted octanol–water partition coefficient (Wildman–Crippen LogP) is 3.59. The zero-order valence-electron chi connectivity index (χ0n) is 23.0. The van der Waals surface area contributed by atoms with Gasteiger partial charge in [0, 0.05) is 36.8 Å². The first-order chi connectivity index (χ1) is 20.5. The van der Waals surface area contributed by atoms with Crippen molar-refractivity contribution in [1.29, 1.82) is 0 Å². The molecule has 12 nitrogen and oxygen atoms in total. The number of likely N-dealkylation sites (tertiary alicyclic amines) is 1. The van der Waals surface area contributed by atoms with E-state index >= 15 is 4.39 Å². The van der Waals surface area contributed by atoms with Gasteiger partial charge >= 0.3 is 5.69 Å².